The van der Waals surface area contributed by atoms with Gasteiger partial charge in [-0.1, -0.05) is 35.3 Å². The van der Waals surface area contributed by atoms with Crippen LogP contribution in [-0.2, 0) is 11.2 Å². The topological polar surface area (TPSA) is 72.2 Å². The number of rotatable bonds is 5. The molecule has 0 spiro atoms. The second kappa shape index (κ2) is 7.59. The lowest BCUT2D eigenvalue weighted by Crippen LogP contribution is -2.46. The molecule has 0 radical (unpaired) electrons. The van der Waals surface area contributed by atoms with Crippen LogP contribution in [0.5, 0.6) is 0 Å². The molecule has 0 aliphatic rings. The average molecular weight is 373 g/mol. The van der Waals surface area contributed by atoms with Crippen LogP contribution in [0.2, 0.25) is 10.0 Å². The van der Waals surface area contributed by atoms with Crippen molar-refractivity contribution in [3.63, 3.8) is 0 Å². The number of hydrogen-bond acceptors (Lipinski definition) is 2. The van der Waals surface area contributed by atoms with Crippen molar-refractivity contribution in [1.82, 2.24) is 5.32 Å². The Morgan fingerprint density at radius 2 is 1.67 bits per heavy atom. The monoisotopic (exact) mass is 372 g/mol. The Bertz CT molecular complexity index is 779. The minimum absolute atomic E-state index is 0.0868. The molecule has 0 aliphatic heterocycles. The van der Waals surface area contributed by atoms with Gasteiger partial charge < -0.3 is 11.1 Å². The molecular weight excluding hydrogens is 361 g/mol. The molecule has 0 aromatic heterocycles. The normalized spacial score (nSPS) is 11.8. The molecule has 8 heteroatoms. The minimum atomic E-state index is -1.31. The number of halogens is 4. The third-order valence-electron chi connectivity index (χ3n) is 3.31. The molecule has 0 aliphatic carbocycles. The van der Waals surface area contributed by atoms with Gasteiger partial charge in [0, 0.05) is 16.5 Å². The Morgan fingerprint density at radius 1 is 1.08 bits per heavy atom. The molecule has 2 aromatic carbocycles. The lowest BCUT2D eigenvalue weighted by atomic mass is 10.0. The molecule has 0 unspecified atom stereocenters. The van der Waals surface area contributed by atoms with Crippen molar-refractivity contribution in [3.8, 4) is 0 Å². The summed E-state index contributed by atoms with van der Waals surface area (Å²) in [5.41, 5.74) is 5.14. The molecule has 2 rings (SSSR count). The van der Waals surface area contributed by atoms with E-state index in [1.54, 1.807) is 18.2 Å². The van der Waals surface area contributed by atoms with Gasteiger partial charge in [0.25, 0.3) is 5.91 Å². The summed E-state index contributed by atoms with van der Waals surface area (Å²) in [4.78, 5) is 23.7. The Morgan fingerprint density at radius 3 is 2.25 bits per heavy atom. The molecule has 0 heterocycles. The van der Waals surface area contributed by atoms with Crippen LogP contribution < -0.4 is 11.1 Å². The highest BCUT2D eigenvalue weighted by molar-refractivity contribution is 6.36. The summed E-state index contributed by atoms with van der Waals surface area (Å²) in [6, 6.07) is 6.70. The molecule has 1 atom stereocenters. The average Bonchev–Trinajstić information content (AvgIpc) is 2.52. The molecule has 0 fully saturated rings. The largest absolute Gasteiger partial charge is 0.368 e. The first-order chi connectivity index (χ1) is 11.3. The number of nitrogens with two attached hydrogens (primary N) is 1. The van der Waals surface area contributed by atoms with E-state index in [4.69, 9.17) is 28.9 Å². The predicted octanol–water partition coefficient (Wildman–Crippen LogP) is 3.10. The van der Waals surface area contributed by atoms with E-state index in [0.29, 0.717) is 15.6 Å². The number of carbonyl (C=O) groups is 2. The molecule has 0 bridgehead atoms. The molecule has 0 saturated heterocycles. The third kappa shape index (κ3) is 4.01. The van der Waals surface area contributed by atoms with Crippen LogP contribution >= 0.6 is 23.2 Å². The summed E-state index contributed by atoms with van der Waals surface area (Å²) < 4.78 is 26.9. The highest BCUT2D eigenvalue weighted by Crippen LogP contribution is 2.25. The smallest absolute Gasteiger partial charge is 0.255 e. The van der Waals surface area contributed by atoms with Crippen molar-refractivity contribution in [2.45, 2.75) is 12.5 Å². The summed E-state index contributed by atoms with van der Waals surface area (Å²) in [5.74, 6) is -4.32. The molecule has 126 valence electrons. The second-order valence-electron chi connectivity index (χ2n) is 4.93. The van der Waals surface area contributed by atoms with Crippen LogP contribution in [-0.4, -0.2) is 17.9 Å². The van der Waals surface area contributed by atoms with Gasteiger partial charge in [-0.3, -0.25) is 9.59 Å². The number of amides is 2. The summed E-state index contributed by atoms with van der Waals surface area (Å²) in [6.07, 6.45) is -0.0868. The van der Waals surface area contributed by atoms with Crippen LogP contribution in [0.25, 0.3) is 0 Å². The third-order valence-corrected chi connectivity index (χ3v) is 4.02. The standard InChI is InChI=1S/C16H12Cl2F2N2O2/c17-10-4-2-5-11(18)9(10)7-13(15(21)23)22-16(24)8-3-1-6-12(19)14(8)20/h1-6,13H,7H2,(H2,21,23)(H,22,24)/t13-/m1/s1. The highest BCUT2D eigenvalue weighted by Gasteiger charge is 2.24. The molecule has 4 nitrogen and oxygen atoms in total. The Hall–Kier alpha value is -2.18. The Kier molecular flexibility index (Phi) is 5.75. The highest BCUT2D eigenvalue weighted by atomic mass is 35.5. The van der Waals surface area contributed by atoms with Crippen LogP contribution in [0.4, 0.5) is 8.78 Å². The van der Waals surface area contributed by atoms with Crippen molar-refractivity contribution in [3.05, 3.63) is 69.2 Å². The van der Waals surface area contributed by atoms with Gasteiger partial charge in [-0.05, 0) is 29.8 Å². The maximum absolute atomic E-state index is 13.7. The van der Waals surface area contributed by atoms with Crippen LogP contribution in [0, 0.1) is 11.6 Å². The maximum Gasteiger partial charge on any atom is 0.255 e. The van der Waals surface area contributed by atoms with Gasteiger partial charge in [0.15, 0.2) is 11.6 Å². The van der Waals surface area contributed by atoms with Crippen molar-refractivity contribution in [2.75, 3.05) is 0 Å². The second-order valence-corrected chi connectivity index (χ2v) is 5.75. The molecule has 2 amide bonds. The van der Waals surface area contributed by atoms with Crippen molar-refractivity contribution < 1.29 is 18.4 Å². The van der Waals surface area contributed by atoms with E-state index in [0.717, 1.165) is 12.1 Å². The zero-order valence-electron chi connectivity index (χ0n) is 12.2. The zero-order valence-corrected chi connectivity index (χ0v) is 13.7. The van der Waals surface area contributed by atoms with Gasteiger partial charge in [-0.25, -0.2) is 8.78 Å². The quantitative estimate of drug-likeness (QED) is 0.846. The first-order valence-corrected chi connectivity index (χ1v) is 7.54. The number of carbonyl (C=O) groups excluding carboxylic acids is 2. The van der Waals surface area contributed by atoms with Gasteiger partial charge in [0.1, 0.15) is 6.04 Å². The first-order valence-electron chi connectivity index (χ1n) is 6.78. The molecule has 2 aromatic rings. The number of benzene rings is 2. The van der Waals surface area contributed by atoms with E-state index in [-0.39, 0.29) is 6.42 Å². The fourth-order valence-electron chi connectivity index (χ4n) is 2.07. The first kappa shape index (κ1) is 18.2. The summed E-state index contributed by atoms with van der Waals surface area (Å²) >= 11 is 12.0. The van der Waals surface area contributed by atoms with E-state index in [9.17, 15) is 18.4 Å². The summed E-state index contributed by atoms with van der Waals surface area (Å²) in [5, 5.41) is 2.85. The van der Waals surface area contributed by atoms with Gasteiger partial charge in [0.05, 0.1) is 5.56 Å². The lowest BCUT2D eigenvalue weighted by Gasteiger charge is -2.17. The number of nitrogens with one attached hydrogen (secondary N) is 1. The zero-order chi connectivity index (χ0) is 17.9. The van der Waals surface area contributed by atoms with E-state index >= 15 is 0 Å². The van der Waals surface area contributed by atoms with Crippen molar-refractivity contribution in [1.29, 1.82) is 0 Å². The van der Waals surface area contributed by atoms with Gasteiger partial charge in [0.2, 0.25) is 5.91 Å². The Labute approximate surface area is 146 Å². The van der Waals surface area contributed by atoms with Gasteiger partial charge >= 0.3 is 0 Å². The van der Waals surface area contributed by atoms with Crippen LogP contribution in [0.1, 0.15) is 15.9 Å². The summed E-state index contributed by atoms with van der Waals surface area (Å²) in [6.45, 7) is 0. The number of primary amides is 1. The molecular formula is C16H12Cl2F2N2O2. The number of hydrogen-bond donors (Lipinski definition) is 2. The van der Waals surface area contributed by atoms with Crippen LogP contribution in [0.15, 0.2) is 36.4 Å². The minimum Gasteiger partial charge on any atom is -0.368 e. The molecule has 3 N–H and O–H groups in total. The fourth-order valence-corrected chi connectivity index (χ4v) is 2.62. The van der Waals surface area contributed by atoms with E-state index in [2.05, 4.69) is 5.32 Å². The van der Waals surface area contributed by atoms with Gasteiger partial charge in [-0.2, -0.15) is 0 Å². The van der Waals surface area contributed by atoms with Crippen molar-refractivity contribution in [2.24, 2.45) is 5.73 Å². The van der Waals surface area contributed by atoms with E-state index < -0.39 is 35.1 Å². The fraction of sp³-hybridized carbons (Fsp3) is 0.125. The van der Waals surface area contributed by atoms with Gasteiger partial charge in [-0.15, -0.1) is 0 Å². The van der Waals surface area contributed by atoms with Crippen molar-refractivity contribution >= 4 is 35.0 Å². The lowest BCUT2D eigenvalue weighted by molar-refractivity contribution is -0.119. The van der Waals surface area contributed by atoms with E-state index in [1.165, 1.54) is 6.07 Å². The van der Waals surface area contributed by atoms with E-state index in [1.807, 2.05) is 0 Å². The summed E-state index contributed by atoms with van der Waals surface area (Å²) in [7, 11) is 0. The van der Waals surface area contributed by atoms with Crippen LogP contribution in [0.3, 0.4) is 0 Å². The Balaban J connectivity index is 2.25. The SMILES string of the molecule is NC(=O)[C@@H](Cc1c(Cl)cccc1Cl)NC(=O)c1cccc(F)c1F. The molecule has 24 heavy (non-hydrogen) atoms. The maximum atomic E-state index is 13.7. The molecule has 0 saturated carbocycles. The predicted molar refractivity (Wildman–Crippen MR) is 87.0 cm³/mol.